The van der Waals surface area contributed by atoms with E-state index in [0.29, 0.717) is 5.57 Å². The molecule has 0 aromatic heterocycles. The molecule has 0 aliphatic heterocycles. The van der Waals surface area contributed by atoms with Crippen LogP contribution in [0.1, 0.15) is 47.5 Å². The number of rotatable bonds is 7. The summed E-state index contributed by atoms with van der Waals surface area (Å²) in [5, 5.41) is 2.40. The highest BCUT2D eigenvalue weighted by Gasteiger charge is 2.29. The van der Waals surface area contributed by atoms with Crippen LogP contribution in [-0.4, -0.2) is 42.5 Å². The fourth-order valence-electron chi connectivity index (χ4n) is 1.71. The van der Waals surface area contributed by atoms with Gasteiger partial charge in [-0.3, -0.25) is 14.4 Å². The molecule has 0 aromatic rings. The third-order valence-electron chi connectivity index (χ3n) is 2.83. The van der Waals surface area contributed by atoms with Gasteiger partial charge in [0.05, 0.1) is 20.0 Å². The molecule has 0 bridgehead atoms. The molecule has 0 heterocycles. The molecule has 0 fully saturated rings. The lowest BCUT2D eigenvalue weighted by Gasteiger charge is -2.24. The maximum absolute atomic E-state index is 12.4. The average molecular weight is 342 g/mol. The highest BCUT2D eigenvalue weighted by Crippen LogP contribution is 2.13. The average Bonchev–Trinajstić information content (AvgIpc) is 2.40. The maximum atomic E-state index is 12.4. The quantitative estimate of drug-likeness (QED) is 0.515. The Hall–Kier alpha value is -2.38. The van der Waals surface area contributed by atoms with Crippen LogP contribution in [-0.2, 0) is 28.7 Å². The van der Waals surface area contributed by atoms with Crippen LogP contribution < -0.4 is 11.1 Å². The lowest BCUT2D eigenvalue weighted by Crippen LogP contribution is -2.46. The molecule has 3 N–H and O–H groups in total. The zero-order chi connectivity index (χ0) is 19.1. The summed E-state index contributed by atoms with van der Waals surface area (Å²) in [5.74, 6) is -2.79. The predicted molar refractivity (Wildman–Crippen MR) is 86.6 cm³/mol. The summed E-state index contributed by atoms with van der Waals surface area (Å²) in [5.41, 5.74) is 5.07. The van der Waals surface area contributed by atoms with Crippen molar-refractivity contribution in [1.29, 1.82) is 0 Å². The van der Waals surface area contributed by atoms with Crippen molar-refractivity contribution in [1.82, 2.24) is 5.32 Å². The first kappa shape index (κ1) is 21.6. The number of nitrogens with one attached hydrogen (secondary N) is 1. The minimum absolute atomic E-state index is 0.153. The Labute approximate surface area is 141 Å². The molecular weight excluding hydrogens is 316 g/mol. The van der Waals surface area contributed by atoms with Crippen LogP contribution in [0.5, 0.6) is 0 Å². The molecule has 0 aromatic carbocycles. The summed E-state index contributed by atoms with van der Waals surface area (Å²) >= 11 is 0. The second-order valence-electron chi connectivity index (χ2n) is 6.46. The van der Waals surface area contributed by atoms with Crippen molar-refractivity contribution in [3.05, 3.63) is 11.1 Å². The molecule has 2 amide bonds. The number of amides is 2. The van der Waals surface area contributed by atoms with Gasteiger partial charge in [-0.25, -0.2) is 4.79 Å². The van der Waals surface area contributed by atoms with Gasteiger partial charge in [-0.15, -0.1) is 0 Å². The number of nitrogens with two attached hydrogens (primary N) is 1. The molecule has 136 valence electrons. The van der Waals surface area contributed by atoms with Gasteiger partial charge in [-0.1, -0.05) is 5.57 Å². The van der Waals surface area contributed by atoms with Gasteiger partial charge >= 0.3 is 11.9 Å². The standard InChI is InChI=1S/C16H26N2O6/c1-9(2)10(7-13(20)23-6)14(21)18-11(8-12(17)19)15(22)24-16(3,4)5/h11H,7-8H2,1-6H3,(H2,17,19)(H,18,21)/t11-/m0/s1. The van der Waals surface area contributed by atoms with Gasteiger partial charge < -0.3 is 20.5 Å². The van der Waals surface area contributed by atoms with Gasteiger partial charge in [0.1, 0.15) is 11.6 Å². The molecule has 0 unspecified atom stereocenters. The van der Waals surface area contributed by atoms with Crippen molar-refractivity contribution in [2.24, 2.45) is 5.73 Å². The smallest absolute Gasteiger partial charge is 0.329 e. The molecule has 8 heteroatoms. The van der Waals surface area contributed by atoms with Crippen LogP contribution >= 0.6 is 0 Å². The molecule has 0 saturated heterocycles. The summed E-state index contributed by atoms with van der Waals surface area (Å²) in [6, 6.07) is -1.23. The number of carbonyl (C=O) groups excluding carboxylic acids is 4. The van der Waals surface area contributed by atoms with E-state index < -0.39 is 41.8 Å². The normalized spacial score (nSPS) is 11.9. The van der Waals surface area contributed by atoms with E-state index in [9.17, 15) is 19.2 Å². The number of carbonyl (C=O) groups is 4. The molecule has 0 spiro atoms. The van der Waals surface area contributed by atoms with Gasteiger partial charge in [-0.2, -0.15) is 0 Å². The third-order valence-corrected chi connectivity index (χ3v) is 2.83. The number of primary amides is 1. The Morgan fingerprint density at radius 2 is 1.67 bits per heavy atom. The van der Waals surface area contributed by atoms with Crippen LogP contribution in [0.15, 0.2) is 11.1 Å². The summed E-state index contributed by atoms with van der Waals surface area (Å²) in [7, 11) is 1.21. The fraction of sp³-hybridized carbons (Fsp3) is 0.625. The largest absolute Gasteiger partial charge is 0.469 e. The van der Waals surface area contributed by atoms with E-state index >= 15 is 0 Å². The zero-order valence-electron chi connectivity index (χ0n) is 15.0. The Kier molecular flexibility index (Phi) is 8.15. The number of ether oxygens (including phenoxy) is 2. The van der Waals surface area contributed by atoms with E-state index in [1.807, 2.05) is 0 Å². The molecule has 1 atom stereocenters. The minimum atomic E-state index is -1.23. The summed E-state index contributed by atoms with van der Waals surface area (Å²) in [6.45, 7) is 8.27. The van der Waals surface area contributed by atoms with Crippen molar-refractivity contribution >= 4 is 23.8 Å². The van der Waals surface area contributed by atoms with Crippen LogP contribution in [0.3, 0.4) is 0 Å². The Morgan fingerprint density at radius 1 is 1.12 bits per heavy atom. The molecule has 0 radical (unpaired) electrons. The van der Waals surface area contributed by atoms with E-state index in [-0.39, 0.29) is 12.0 Å². The van der Waals surface area contributed by atoms with E-state index in [0.717, 1.165) is 0 Å². The third kappa shape index (κ3) is 8.30. The van der Waals surface area contributed by atoms with Crippen LogP contribution in [0.25, 0.3) is 0 Å². The summed E-state index contributed by atoms with van der Waals surface area (Å²) in [6.07, 6.45) is -0.656. The SMILES string of the molecule is COC(=O)CC(C(=O)N[C@@H](CC(N)=O)C(=O)OC(C)(C)C)=C(C)C. The van der Waals surface area contributed by atoms with Crippen molar-refractivity contribution in [2.45, 2.75) is 59.1 Å². The van der Waals surface area contributed by atoms with Gasteiger partial charge in [0.15, 0.2) is 0 Å². The van der Waals surface area contributed by atoms with E-state index in [4.69, 9.17) is 10.5 Å². The van der Waals surface area contributed by atoms with Gasteiger partial charge in [0.2, 0.25) is 11.8 Å². The summed E-state index contributed by atoms with van der Waals surface area (Å²) in [4.78, 5) is 47.1. The maximum Gasteiger partial charge on any atom is 0.329 e. The first-order valence-corrected chi connectivity index (χ1v) is 7.42. The van der Waals surface area contributed by atoms with E-state index in [2.05, 4.69) is 10.1 Å². The second-order valence-corrected chi connectivity index (χ2v) is 6.46. The molecule has 0 rings (SSSR count). The summed E-state index contributed by atoms with van der Waals surface area (Å²) < 4.78 is 9.72. The number of hydrogen-bond acceptors (Lipinski definition) is 6. The van der Waals surface area contributed by atoms with Crippen molar-refractivity contribution in [2.75, 3.05) is 7.11 Å². The minimum Gasteiger partial charge on any atom is -0.469 e. The van der Waals surface area contributed by atoms with Crippen LogP contribution in [0.2, 0.25) is 0 Å². The first-order chi connectivity index (χ1) is 10.9. The molecule has 0 saturated carbocycles. The number of esters is 2. The Bertz CT molecular complexity index is 541. The lowest BCUT2D eigenvalue weighted by atomic mass is 10.1. The monoisotopic (exact) mass is 342 g/mol. The zero-order valence-corrected chi connectivity index (χ0v) is 15.0. The molecular formula is C16H26N2O6. The van der Waals surface area contributed by atoms with Crippen molar-refractivity contribution in [3.8, 4) is 0 Å². The highest BCUT2D eigenvalue weighted by molar-refractivity contribution is 6.00. The number of hydrogen-bond donors (Lipinski definition) is 2. The fourth-order valence-corrected chi connectivity index (χ4v) is 1.71. The van der Waals surface area contributed by atoms with E-state index in [1.165, 1.54) is 7.11 Å². The second kappa shape index (κ2) is 9.05. The number of allylic oxidation sites excluding steroid dienone is 1. The first-order valence-electron chi connectivity index (χ1n) is 7.42. The predicted octanol–water partition coefficient (Wildman–Crippen LogP) is 0.588. The van der Waals surface area contributed by atoms with Gasteiger partial charge in [0.25, 0.3) is 0 Å². The van der Waals surface area contributed by atoms with E-state index in [1.54, 1.807) is 34.6 Å². The molecule has 0 aliphatic carbocycles. The molecule has 0 aliphatic rings. The van der Waals surface area contributed by atoms with Crippen LogP contribution in [0.4, 0.5) is 0 Å². The highest BCUT2D eigenvalue weighted by atomic mass is 16.6. The number of methoxy groups -OCH3 is 1. The lowest BCUT2D eigenvalue weighted by molar-refractivity contribution is -0.159. The van der Waals surface area contributed by atoms with Crippen molar-refractivity contribution in [3.63, 3.8) is 0 Å². The topological polar surface area (TPSA) is 125 Å². The van der Waals surface area contributed by atoms with Gasteiger partial charge in [0, 0.05) is 5.57 Å². The van der Waals surface area contributed by atoms with Crippen molar-refractivity contribution < 1.29 is 28.7 Å². The van der Waals surface area contributed by atoms with Crippen LogP contribution in [0, 0.1) is 0 Å². The van der Waals surface area contributed by atoms with Gasteiger partial charge in [-0.05, 0) is 34.6 Å². The Balaban J connectivity index is 5.29. The Morgan fingerprint density at radius 3 is 2.04 bits per heavy atom. The molecule has 8 nitrogen and oxygen atoms in total. The molecule has 24 heavy (non-hydrogen) atoms.